The van der Waals surface area contributed by atoms with E-state index in [1.165, 1.54) is 13.2 Å². The first-order chi connectivity index (χ1) is 14.3. The number of nitrogens with zero attached hydrogens (tertiary/aromatic N) is 1. The van der Waals surface area contributed by atoms with Crippen molar-refractivity contribution in [2.24, 2.45) is 5.92 Å². The second-order valence-corrected chi connectivity index (χ2v) is 7.42. The Kier molecular flexibility index (Phi) is 8.51. The highest BCUT2D eigenvalue weighted by Crippen LogP contribution is 2.22. The van der Waals surface area contributed by atoms with E-state index in [9.17, 15) is 9.59 Å². The number of carbonyl (C=O) groups is 2. The van der Waals surface area contributed by atoms with Crippen molar-refractivity contribution >= 4 is 23.4 Å². The summed E-state index contributed by atoms with van der Waals surface area (Å²) in [5.41, 5.74) is 1.37. The number of hydrogen-bond acceptors (Lipinski definition) is 5. The van der Waals surface area contributed by atoms with Crippen molar-refractivity contribution in [3.8, 4) is 17.6 Å². The molecule has 0 aliphatic carbocycles. The predicted molar refractivity (Wildman–Crippen MR) is 114 cm³/mol. The highest BCUT2D eigenvalue weighted by molar-refractivity contribution is 6.31. The van der Waals surface area contributed by atoms with Gasteiger partial charge in [-0.15, -0.1) is 0 Å². The number of halogens is 1. The van der Waals surface area contributed by atoms with Crippen molar-refractivity contribution in [1.82, 2.24) is 10.6 Å². The standard InChI is InChI=1S/C22H24ClN3O4/c1-14(2)11-25-21(27)13-30-20-6-15(10-24)4-5-16(20)12-26-22(28)17-7-18(23)9-19(8-17)29-3/h4-9,14H,11-13H2,1-3H3,(H,25,27)(H,26,28). The Bertz CT molecular complexity index is 954. The molecule has 30 heavy (non-hydrogen) atoms. The maximum absolute atomic E-state index is 12.5. The molecule has 0 radical (unpaired) electrons. The molecule has 2 rings (SSSR count). The Labute approximate surface area is 180 Å². The summed E-state index contributed by atoms with van der Waals surface area (Å²) >= 11 is 6.02. The lowest BCUT2D eigenvalue weighted by atomic mass is 10.1. The smallest absolute Gasteiger partial charge is 0.257 e. The summed E-state index contributed by atoms with van der Waals surface area (Å²) in [7, 11) is 1.49. The number of benzene rings is 2. The van der Waals surface area contributed by atoms with Gasteiger partial charge >= 0.3 is 0 Å². The average Bonchev–Trinajstić information content (AvgIpc) is 2.74. The van der Waals surface area contributed by atoms with Crippen LogP contribution in [0.3, 0.4) is 0 Å². The molecular weight excluding hydrogens is 406 g/mol. The Morgan fingerprint density at radius 1 is 1.17 bits per heavy atom. The molecule has 0 saturated carbocycles. The van der Waals surface area contributed by atoms with Gasteiger partial charge in [0.25, 0.3) is 11.8 Å². The van der Waals surface area contributed by atoms with Gasteiger partial charge in [0.1, 0.15) is 11.5 Å². The maximum atomic E-state index is 12.5. The molecule has 0 aliphatic rings. The van der Waals surface area contributed by atoms with E-state index in [1.54, 1.807) is 30.3 Å². The number of hydrogen-bond donors (Lipinski definition) is 2. The van der Waals surface area contributed by atoms with Gasteiger partial charge < -0.3 is 20.1 Å². The zero-order valence-electron chi connectivity index (χ0n) is 17.1. The zero-order chi connectivity index (χ0) is 22.1. The topological polar surface area (TPSA) is 100 Å². The molecule has 8 heteroatoms. The lowest BCUT2D eigenvalue weighted by Gasteiger charge is -2.14. The molecule has 0 aliphatic heterocycles. The average molecular weight is 430 g/mol. The van der Waals surface area contributed by atoms with Gasteiger partial charge in [-0.3, -0.25) is 9.59 Å². The summed E-state index contributed by atoms with van der Waals surface area (Å²) in [5, 5.41) is 15.1. The van der Waals surface area contributed by atoms with Crippen LogP contribution in [0.4, 0.5) is 0 Å². The van der Waals surface area contributed by atoms with Crippen LogP contribution >= 0.6 is 11.6 Å². The molecule has 0 bridgehead atoms. The molecule has 2 aromatic carbocycles. The molecule has 0 spiro atoms. The molecule has 0 atom stereocenters. The molecule has 158 valence electrons. The first-order valence-electron chi connectivity index (χ1n) is 9.37. The number of rotatable bonds is 9. The Balaban J connectivity index is 2.08. The summed E-state index contributed by atoms with van der Waals surface area (Å²) in [6.07, 6.45) is 0. The highest BCUT2D eigenvalue weighted by atomic mass is 35.5. The molecule has 2 amide bonds. The maximum Gasteiger partial charge on any atom is 0.257 e. The second kappa shape index (κ2) is 11.1. The van der Waals surface area contributed by atoms with E-state index >= 15 is 0 Å². The van der Waals surface area contributed by atoms with Crippen LogP contribution in [-0.4, -0.2) is 32.1 Å². The third kappa shape index (κ3) is 6.98. The van der Waals surface area contributed by atoms with Crippen LogP contribution < -0.4 is 20.1 Å². The van der Waals surface area contributed by atoms with Crippen molar-refractivity contribution in [3.05, 3.63) is 58.1 Å². The quantitative estimate of drug-likeness (QED) is 0.637. The molecule has 0 unspecified atom stereocenters. The number of ether oxygens (including phenoxy) is 2. The zero-order valence-corrected chi connectivity index (χ0v) is 17.9. The fraction of sp³-hybridized carbons (Fsp3) is 0.318. The van der Waals surface area contributed by atoms with Crippen molar-refractivity contribution in [1.29, 1.82) is 5.26 Å². The van der Waals surface area contributed by atoms with Crippen LogP contribution in [0.25, 0.3) is 0 Å². The third-order valence-electron chi connectivity index (χ3n) is 4.07. The van der Waals surface area contributed by atoms with E-state index in [1.807, 2.05) is 19.9 Å². The summed E-state index contributed by atoms with van der Waals surface area (Å²) in [6.45, 7) is 4.49. The van der Waals surface area contributed by atoms with Crippen molar-refractivity contribution in [2.75, 3.05) is 20.3 Å². The minimum absolute atomic E-state index is 0.141. The summed E-state index contributed by atoms with van der Waals surface area (Å²) in [4.78, 5) is 24.4. The Hall–Kier alpha value is -3.24. The normalized spacial score (nSPS) is 10.3. The second-order valence-electron chi connectivity index (χ2n) is 6.98. The fourth-order valence-electron chi connectivity index (χ4n) is 2.51. The van der Waals surface area contributed by atoms with E-state index in [2.05, 4.69) is 10.6 Å². The first kappa shape index (κ1) is 23.0. The van der Waals surface area contributed by atoms with E-state index in [-0.39, 0.29) is 25.0 Å². The van der Waals surface area contributed by atoms with E-state index in [0.717, 1.165) is 0 Å². The van der Waals surface area contributed by atoms with Gasteiger partial charge in [0.15, 0.2) is 6.61 Å². The van der Waals surface area contributed by atoms with E-state index in [4.69, 9.17) is 26.3 Å². The summed E-state index contributed by atoms with van der Waals surface area (Å²) in [5.74, 6) is 0.555. The van der Waals surface area contributed by atoms with Crippen LogP contribution in [0, 0.1) is 17.2 Å². The molecule has 0 aromatic heterocycles. The lowest BCUT2D eigenvalue weighted by Crippen LogP contribution is -2.32. The van der Waals surface area contributed by atoms with E-state index in [0.29, 0.717) is 45.7 Å². The third-order valence-corrected chi connectivity index (χ3v) is 4.29. The minimum Gasteiger partial charge on any atom is -0.497 e. The summed E-state index contributed by atoms with van der Waals surface area (Å²) in [6, 6.07) is 11.6. The number of nitrogens with one attached hydrogen (secondary N) is 2. The molecule has 0 fully saturated rings. The number of carbonyl (C=O) groups excluding carboxylic acids is 2. The first-order valence-corrected chi connectivity index (χ1v) is 9.75. The van der Waals surface area contributed by atoms with Crippen LogP contribution in [0.1, 0.15) is 35.3 Å². The van der Waals surface area contributed by atoms with Gasteiger partial charge in [0, 0.05) is 29.2 Å². The van der Waals surface area contributed by atoms with Gasteiger partial charge in [0.2, 0.25) is 0 Å². The lowest BCUT2D eigenvalue weighted by molar-refractivity contribution is -0.123. The molecule has 2 aromatic rings. The van der Waals surface area contributed by atoms with Gasteiger partial charge in [-0.25, -0.2) is 0 Å². The highest BCUT2D eigenvalue weighted by Gasteiger charge is 2.12. The number of nitriles is 1. The number of methoxy groups -OCH3 is 1. The molecule has 7 nitrogen and oxygen atoms in total. The van der Waals surface area contributed by atoms with Crippen LogP contribution in [0.2, 0.25) is 5.02 Å². The fourth-order valence-corrected chi connectivity index (χ4v) is 2.73. The predicted octanol–water partition coefficient (Wildman–Crippen LogP) is 3.30. The minimum atomic E-state index is -0.346. The molecule has 2 N–H and O–H groups in total. The van der Waals surface area contributed by atoms with Crippen LogP contribution in [0.15, 0.2) is 36.4 Å². The largest absolute Gasteiger partial charge is 0.497 e. The number of amides is 2. The monoisotopic (exact) mass is 429 g/mol. The van der Waals surface area contributed by atoms with Gasteiger partial charge in [0.05, 0.1) is 18.7 Å². The molecule has 0 heterocycles. The van der Waals surface area contributed by atoms with Gasteiger partial charge in [-0.05, 0) is 36.2 Å². The SMILES string of the molecule is COc1cc(Cl)cc(C(=O)NCc2ccc(C#N)cc2OCC(=O)NCC(C)C)c1. The Morgan fingerprint density at radius 2 is 1.93 bits per heavy atom. The van der Waals surface area contributed by atoms with Crippen molar-refractivity contribution in [2.45, 2.75) is 20.4 Å². The van der Waals surface area contributed by atoms with Crippen molar-refractivity contribution < 1.29 is 19.1 Å². The van der Waals surface area contributed by atoms with E-state index < -0.39 is 0 Å². The van der Waals surface area contributed by atoms with Crippen LogP contribution in [-0.2, 0) is 11.3 Å². The van der Waals surface area contributed by atoms with Crippen LogP contribution in [0.5, 0.6) is 11.5 Å². The van der Waals surface area contributed by atoms with Gasteiger partial charge in [-0.2, -0.15) is 5.26 Å². The Morgan fingerprint density at radius 3 is 2.60 bits per heavy atom. The van der Waals surface area contributed by atoms with Gasteiger partial charge in [-0.1, -0.05) is 31.5 Å². The molecular formula is C22H24ClN3O4. The molecule has 0 saturated heterocycles. The summed E-state index contributed by atoms with van der Waals surface area (Å²) < 4.78 is 10.7. The van der Waals surface area contributed by atoms with Crippen molar-refractivity contribution in [3.63, 3.8) is 0 Å².